The summed E-state index contributed by atoms with van der Waals surface area (Å²) in [5.74, 6) is 0. The summed E-state index contributed by atoms with van der Waals surface area (Å²) >= 11 is 3.80. The molecule has 0 saturated heterocycles. The topological polar surface area (TPSA) is 13.1 Å². The zero-order chi connectivity index (χ0) is 25.7. The third-order valence-corrected chi connectivity index (χ3v) is 9.26. The Bertz CT molecular complexity index is 2140. The quantitative estimate of drug-likeness (QED) is 0.194. The predicted molar refractivity (Wildman–Crippen MR) is 163 cm³/mol. The smallest absolute Gasteiger partial charge is 0.143 e. The standard InChI is InChI=1S/C37H21BrO/c38-23-17-19-28-26-9-2-5-14-32(26)37(34(28)21-23)31-13-4-1-8-25(31)27-18-16-22(20-33(27)37)24-11-7-12-30-29-10-3-6-15-35(29)39-36(24)30/h1-21H. The van der Waals surface area contributed by atoms with Gasteiger partial charge in [0.25, 0.3) is 0 Å². The van der Waals surface area contributed by atoms with Gasteiger partial charge in [-0.1, -0.05) is 119 Å². The van der Waals surface area contributed by atoms with Gasteiger partial charge in [0.1, 0.15) is 11.2 Å². The molecule has 7 aromatic rings. The molecule has 1 spiro atoms. The predicted octanol–water partition coefficient (Wildman–Crippen LogP) is 10.4. The van der Waals surface area contributed by atoms with Gasteiger partial charge in [0.15, 0.2) is 0 Å². The SMILES string of the molecule is Brc1ccc2c(c1)C1(c3ccccc3-2)c2ccccc2-c2ccc(-c3cccc4c3oc3ccccc34)cc21. The second kappa shape index (κ2) is 7.59. The van der Waals surface area contributed by atoms with Gasteiger partial charge in [-0.15, -0.1) is 0 Å². The van der Waals surface area contributed by atoms with Gasteiger partial charge in [0.2, 0.25) is 0 Å². The van der Waals surface area contributed by atoms with E-state index in [1.54, 1.807) is 0 Å². The van der Waals surface area contributed by atoms with Gasteiger partial charge in [-0.05, 0) is 74.3 Å². The van der Waals surface area contributed by atoms with E-state index in [-0.39, 0.29) is 5.41 Å². The van der Waals surface area contributed by atoms with Crippen molar-refractivity contribution in [2.45, 2.75) is 5.41 Å². The van der Waals surface area contributed by atoms with Gasteiger partial charge >= 0.3 is 0 Å². The van der Waals surface area contributed by atoms with Crippen molar-refractivity contribution in [1.29, 1.82) is 0 Å². The third-order valence-electron chi connectivity index (χ3n) is 8.77. The fraction of sp³-hybridized carbons (Fsp3) is 0.0270. The fourth-order valence-corrected chi connectivity index (χ4v) is 7.61. The lowest BCUT2D eigenvalue weighted by molar-refractivity contribution is 0.670. The lowest BCUT2D eigenvalue weighted by atomic mass is 9.70. The van der Waals surface area contributed by atoms with Gasteiger partial charge in [0.05, 0.1) is 5.41 Å². The van der Waals surface area contributed by atoms with Crippen molar-refractivity contribution in [2.24, 2.45) is 0 Å². The van der Waals surface area contributed by atoms with E-state index < -0.39 is 0 Å². The summed E-state index contributed by atoms with van der Waals surface area (Å²) in [6.45, 7) is 0. The Kier molecular flexibility index (Phi) is 4.19. The number of rotatable bonds is 1. The molecule has 2 heteroatoms. The molecule has 9 rings (SSSR count). The number of hydrogen-bond donors (Lipinski definition) is 0. The second-order valence-corrected chi connectivity index (χ2v) is 11.5. The number of benzene rings is 6. The van der Waals surface area contributed by atoms with E-state index in [2.05, 4.69) is 137 Å². The highest BCUT2D eigenvalue weighted by Crippen LogP contribution is 2.63. The minimum Gasteiger partial charge on any atom is -0.455 e. The molecule has 0 radical (unpaired) electrons. The molecule has 2 aliphatic rings. The number of furan rings is 1. The van der Waals surface area contributed by atoms with Crippen molar-refractivity contribution in [3.8, 4) is 33.4 Å². The van der Waals surface area contributed by atoms with Gasteiger partial charge in [-0.3, -0.25) is 0 Å². The molecule has 1 aromatic heterocycles. The molecular weight excluding hydrogens is 540 g/mol. The van der Waals surface area contributed by atoms with Crippen LogP contribution >= 0.6 is 15.9 Å². The summed E-state index contributed by atoms with van der Waals surface area (Å²) < 4.78 is 7.56. The molecule has 6 aromatic carbocycles. The molecule has 0 bridgehead atoms. The van der Waals surface area contributed by atoms with Crippen LogP contribution in [0, 0.1) is 0 Å². The Morgan fingerprint density at radius 3 is 1.85 bits per heavy atom. The normalized spacial score (nSPS) is 16.4. The zero-order valence-corrected chi connectivity index (χ0v) is 22.5. The first kappa shape index (κ1) is 21.5. The van der Waals surface area contributed by atoms with Gasteiger partial charge in [0, 0.05) is 20.8 Å². The highest BCUT2D eigenvalue weighted by molar-refractivity contribution is 9.10. The first-order valence-corrected chi connectivity index (χ1v) is 14.1. The number of hydrogen-bond acceptors (Lipinski definition) is 1. The van der Waals surface area contributed by atoms with E-state index in [0.29, 0.717) is 0 Å². The maximum absolute atomic E-state index is 6.46. The van der Waals surface area contributed by atoms with Crippen molar-refractivity contribution in [1.82, 2.24) is 0 Å². The fourth-order valence-electron chi connectivity index (χ4n) is 7.25. The molecule has 0 aliphatic heterocycles. The largest absolute Gasteiger partial charge is 0.455 e. The molecule has 0 fully saturated rings. The second-order valence-electron chi connectivity index (χ2n) is 10.6. The summed E-state index contributed by atoms with van der Waals surface area (Å²) in [6, 6.07) is 46.4. The van der Waals surface area contributed by atoms with Gasteiger partial charge < -0.3 is 4.42 Å². The summed E-state index contributed by atoms with van der Waals surface area (Å²) in [6.07, 6.45) is 0. The van der Waals surface area contributed by atoms with Gasteiger partial charge in [-0.2, -0.15) is 0 Å². The summed E-state index contributed by atoms with van der Waals surface area (Å²) in [4.78, 5) is 0. The average molecular weight is 561 g/mol. The van der Waals surface area contributed by atoms with E-state index >= 15 is 0 Å². The zero-order valence-electron chi connectivity index (χ0n) is 20.9. The van der Waals surface area contributed by atoms with E-state index in [0.717, 1.165) is 32.0 Å². The number of halogens is 1. The van der Waals surface area contributed by atoms with Crippen molar-refractivity contribution in [2.75, 3.05) is 0 Å². The summed E-state index contributed by atoms with van der Waals surface area (Å²) in [7, 11) is 0. The van der Waals surface area contributed by atoms with Crippen LogP contribution in [0.15, 0.2) is 136 Å². The van der Waals surface area contributed by atoms with Crippen molar-refractivity contribution >= 4 is 37.9 Å². The number of fused-ring (bicyclic) bond motifs is 13. The molecule has 1 atom stereocenters. The van der Waals surface area contributed by atoms with Crippen molar-refractivity contribution in [3.63, 3.8) is 0 Å². The average Bonchev–Trinajstić information content (AvgIpc) is 3.60. The minimum atomic E-state index is -0.376. The Morgan fingerprint density at radius 2 is 1.05 bits per heavy atom. The maximum Gasteiger partial charge on any atom is 0.143 e. The van der Waals surface area contributed by atoms with E-state index in [1.807, 2.05) is 6.07 Å². The van der Waals surface area contributed by atoms with Crippen LogP contribution in [0.1, 0.15) is 22.3 Å². The van der Waals surface area contributed by atoms with E-state index in [1.165, 1.54) is 50.1 Å². The van der Waals surface area contributed by atoms with Crippen molar-refractivity contribution < 1.29 is 4.42 Å². The molecule has 1 nitrogen and oxygen atoms in total. The van der Waals surface area contributed by atoms with Crippen LogP contribution in [0.5, 0.6) is 0 Å². The third kappa shape index (κ3) is 2.65. The van der Waals surface area contributed by atoms with Crippen LogP contribution in [-0.4, -0.2) is 0 Å². The molecule has 2 aliphatic carbocycles. The molecule has 39 heavy (non-hydrogen) atoms. The van der Waals surface area contributed by atoms with E-state index in [9.17, 15) is 0 Å². The van der Waals surface area contributed by atoms with Crippen LogP contribution in [-0.2, 0) is 5.41 Å². The lowest BCUT2D eigenvalue weighted by Gasteiger charge is -2.30. The minimum absolute atomic E-state index is 0.376. The monoisotopic (exact) mass is 560 g/mol. The Labute approximate surface area is 234 Å². The van der Waals surface area contributed by atoms with Crippen LogP contribution < -0.4 is 0 Å². The Morgan fingerprint density at radius 1 is 0.462 bits per heavy atom. The molecule has 0 saturated carbocycles. The summed E-state index contributed by atoms with van der Waals surface area (Å²) in [5, 5.41) is 2.31. The van der Waals surface area contributed by atoms with Crippen LogP contribution in [0.3, 0.4) is 0 Å². The van der Waals surface area contributed by atoms with Crippen molar-refractivity contribution in [3.05, 3.63) is 154 Å². The molecule has 1 heterocycles. The first-order chi connectivity index (χ1) is 19.2. The first-order valence-electron chi connectivity index (χ1n) is 13.3. The van der Waals surface area contributed by atoms with Gasteiger partial charge in [-0.25, -0.2) is 0 Å². The van der Waals surface area contributed by atoms with Crippen LogP contribution in [0.25, 0.3) is 55.3 Å². The van der Waals surface area contributed by atoms with Crippen LogP contribution in [0.4, 0.5) is 0 Å². The molecule has 182 valence electrons. The summed E-state index contributed by atoms with van der Waals surface area (Å²) in [5.41, 5.74) is 14.4. The molecule has 0 N–H and O–H groups in total. The lowest BCUT2D eigenvalue weighted by Crippen LogP contribution is -2.25. The van der Waals surface area contributed by atoms with Crippen LogP contribution in [0.2, 0.25) is 0 Å². The molecule has 0 amide bonds. The Hall–Kier alpha value is -4.40. The maximum atomic E-state index is 6.46. The molecular formula is C37H21BrO. The highest BCUT2D eigenvalue weighted by atomic mass is 79.9. The Balaban J connectivity index is 1.40. The highest BCUT2D eigenvalue weighted by Gasteiger charge is 2.51. The van der Waals surface area contributed by atoms with E-state index in [4.69, 9.17) is 4.42 Å². The number of para-hydroxylation sites is 2. The molecule has 1 unspecified atom stereocenters.